The Bertz CT molecular complexity index is 980. The molecule has 4 fully saturated rings. The monoisotopic (exact) mass is 400 g/mol. The molecule has 3 nitrogen and oxygen atoms in total. The van der Waals surface area contributed by atoms with Gasteiger partial charge in [-0.25, -0.2) is 0 Å². The van der Waals surface area contributed by atoms with Crippen LogP contribution in [0.5, 0.6) is 0 Å². The second-order valence-corrected chi connectivity index (χ2v) is 9.03. The van der Waals surface area contributed by atoms with E-state index >= 15 is 0 Å². The maximum atomic E-state index is 5.42. The largest absolute Gasteiger partial charge is 0.370 e. The van der Waals surface area contributed by atoms with E-state index in [0.717, 1.165) is 12.3 Å². The van der Waals surface area contributed by atoms with Crippen LogP contribution in [0.2, 0.25) is 0 Å². The summed E-state index contributed by atoms with van der Waals surface area (Å²) in [5.41, 5.74) is 5.57. The third-order valence-corrected chi connectivity index (χ3v) is 7.04. The first-order valence-electron chi connectivity index (χ1n) is 11.2. The minimum atomic E-state index is 0.371. The molecule has 0 N–H and O–H groups in total. The fourth-order valence-corrected chi connectivity index (χ4v) is 5.08. The van der Waals surface area contributed by atoms with Crippen LogP contribution in [-0.2, 0) is 20.6 Å². The molecule has 6 aliphatic rings. The maximum Gasteiger partial charge on any atom is 0.114 e. The second kappa shape index (κ2) is 7.49. The van der Waals surface area contributed by atoms with Crippen LogP contribution in [0.3, 0.4) is 0 Å². The van der Waals surface area contributed by atoms with Crippen LogP contribution >= 0.6 is 0 Å². The summed E-state index contributed by atoms with van der Waals surface area (Å²) in [5.74, 6) is 0.744. The highest BCUT2D eigenvalue weighted by Gasteiger charge is 2.46. The third-order valence-electron chi connectivity index (χ3n) is 7.04. The molecule has 154 valence electrons. The molecule has 3 heterocycles. The normalized spacial score (nSPS) is 36.7. The minimum absolute atomic E-state index is 0.371. The zero-order valence-electron chi connectivity index (χ0n) is 17.2. The van der Waals surface area contributed by atoms with Crippen molar-refractivity contribution >= 4 is 6.08 Å². The standard InChI is InChI=1S/C10H8O.C9H8O.C8H12O/c1-2-4-8-7(3-1)5-6-9-10(8)11-9;1-2-4-7-6(3-1)5-8-9(7)10-8;1-2-6-3-4-7-8(5-6)9-7/h1-6,9-10H;1-4,8-9H,5H2;2,6-8H,1,3-5H2. The van der Waals surface area contributed by atoms with E-state index in [0.29, 0.717) is 36.6 Å². The summed E-state index contributed by atoms with van der Waals surface area (Å²) in [6, 6.07) is 17.0. The number of rotatable bonds is 1. The lowest BCUT2D eigenvalue weighted by molar-refractivity contribution is 0.361. The average molecular weight is 401 g/mol. The molecule has 0 aromatic heterocycles. The van der Waals surface area contributed by atoms with Crippen molar-refractivity contribution in [3.05, 3.63) is 89.5 Å². The average Bonchev–Trinajstić information content (AvgIpc) is 3.70. The molecule has 0 bridgehead atoms. The summed E-state index contributed by atoms with van der Waals surface area (Å²) < 4.78 is 16.2. The Balaban J connectivity index is 0.0000000880. The van der Waals surface area contributed by atoms with Gasteiger partial charge in [0.05, 0.1) is 18.3 Å². The highest BCUT2D eigenvalue weighted by Crippen LogP contribution is 2.48. The Morgan fingerprint density at radius 1 is 0.800 bits per heavy atom. The molecule has 1 saturated carbocycles. The fraction of sp³-hybridized carbons (Fsp3) is 0.407. The molecule has 0 amide bonds. The minimum Gasteiger partial charge on any atom is -0.370 e. The molecule has 3 saturated heterocycles. The predicted molar refractivity (Wildman–Crippen MR) is 117 cm³/mol. The number of hydrogen-bond acceptors (Lipinski definition) is 3. The molecule has 3 aliphatic heterocycles. The SMILES string of the molecule is C1=CC2OC2c2ccccc21.C=CC1CCC2OC2C1.c1ccc2c(c1)CC1OC21. The van der Waals surface area contributed by atoms with E-state index < -0.39 is 0 Å². The Morgan fingerprint density at radius 2 is 1.63 bits per heavy atom. The van der Waals surface area contributed by atoms with Crippen LogP contribution in [0.25, 0.3) is 6.08 Å². The van der Waals surface area contributed by atoms with Gasteiger partial charge in [0.25, 0.3) is 0 Å². The summed E-state index contributed by atoms with van der Waals surface area (Å²) in [4.78, 5) is 0. The van der Waals surface area contributed by atoms with Crippen LogP contribution in [0.15, 0.2) is 67.3 Å². The zero-order chi connectivity index (χ0) is 20.1. The van der Waals surface area contributed by atoms with E-state index in [9.17, 15) is 0 Å². The van der Waals surface area contributed by atoms with Gasteiger partial charge in [-0.2, -0.15) is 0 Å². The third kappa shape index (κ3) is 3.66. The topological polar surface area (TPSA) is 37.6 Å². The summed E-state index contributed by atoms with van der Waals surface area (Å²) in [6.07, 6.45) is 14.3. The molecule has 7 atom stereocenters. The van der Waals surface area contributed by atoms with Crippen molar-refractivity contribution in [2.45, 2.75) is 62.3 Å². The van der Waals surface area contributed by atoms with Crippen molar-refractivity contribution < 1.29 is 14.2 Å². The van der Waals surface area contributed by atoms with Gasteiger partial charge in [0.15, 0.2) is 0 Å². The van der Waals surface area contributed by atoms with Gasteiger partial charge < -0.3 is 14.2 Å². The van der Waals surface area contributed by atoms with Crippen LogP contribution < -0.4 is 0 Å². The number of fused-ring (bicyclic) bond motifs is 7. The highest BCUT2D eigenvalue weighted by atomic mass is 16.6. The van der Waals surface area contributed by atoms with E-state index in [2.05, 4.69) is 73.3 Å². The predicted octanol–water partition coefficient (Wildman–Crippen LogP) is 5.58. The molecule has 3 heteroatoms. The molecule has 8 rings (SSSR count). The van der Waals surface area contributed by atoms with Crippen molar-refractivity contribution in [1.82, 2.24) is 0 Å². The van der Waals surface area contributed by atoms with Gasteiger partial charge in [0, 0.05) is 6.42 Å². The van der Waals surface area contributed by atoms with Crippen LogP contribution in [0.4, 0.5) is 0 Å². The molecule has 2 aromatic rings. The van der Waals surface area contributed by atoms with Crippen LogP contribution in [-0.4, -0.2) is 24.4 Å². The van der Waals surface area contributed by atoms with E-state index in [4.69, 9.17) is 14.2 Å². The summed E-state index contributed by atoms with van der Waals surface area (Å²) in [5, 5.41) is 0. The zero-order valence-corrected chi connectivity index (χ0v) is 17.2. The smallest absolute Gasteiger partial charge is 0.114 e. The number of benzene rings is 2. The molecule has 2 aromatic carbocycles. The Kier molecular flexibility index (Phi) is 4.63. The number of hydrogen-bond donors (Lipinski definition) is 0. The van der Waals surface area contributed by atoms with Crippen molar-refractivity contribution in [1.29, 1.82) is 0 Å². The molecule has 0 radical (unpaired) electrons. The fourth-order valence-electron chi connectivity index (χ4n) is 5.08. The first kappa shape index (κ1) is 18.6. The van der Waals surface area contributed by atoms with E-state index in [1.165, 1.54) is 41.5 Å². The molecular weight excluding hydrogens is 372 g/mol. The van der Waals surface area contributed by atoms with E-state index in [1.54, 1.807) is 0 Å². The van der Waals surface area contributed by atoms with Gasteiger partial charge in [-0.05, 0) is 47.4 Å². The summed E-state index contributed by atoms with van der Waals surface area (Å²) in [6.45, 7) is 3.78. The summed E-state index contributed by atoms with van der Waals surface area (Å²) >= 11 is 0. The molecular formula is C27H28O3. The van der Waals surface area contributed by atoms with Gasteiger partial charge in [0.2, 0.25) is 0 Å². The van der Waals surface area contributed by atoms with Crippen LogP contribution in [0.1, 0.15) is 53.7 Å². The Labute approximate surface area is 178 Å². The molecule has 7 unspecified atom stereocenters. The number of allylic oxidation sites excluding steroid dienone is 1. The van der Waals surface area contributed by atoms with E-state index in [-0.39, 0.29) is 0 Å². The van der Waals surface area contributed by atoms with Gasteiger partial charge in [-0.3, -0.25) is 0 Å². The van der Waals surface area contributed by atoms with Crippen molar-refractivity contribution in [3.63, 3.8) is 0 Å². The Hall–Kier alpha value is -2.20. The lowest BCUT2D eigenvalue weighted by Crippen LogP contribution is -2.10. The van der Waals surface area contributed by atoms with Crippen molar-refractivity contribution in [2.24, 2.45) is 5.92 Å². The Morgan fingerprint density at radius 3 is 2.47 bits per heavy atom. The number of epoxide rings is 3. The second-order valence-electron chi connectivity index (χ2n) is 9.03. The van der Waals surface area contributed by atoms with Gasteiger partial charge >= 0.3 is 0 Å². The first-order chi connectivity index (χ1) is 14.8. The first-order valence-corrected chi connectivity index (χ1v) is 11.2. The lowest BCUT2D eigenvalue weighted by atomic mass is 9.90. The maximum absolute atomic E-state index is 5.42. The lowest BCUT2D eigenvalue weighted by Gasteiger charge is -2.12. The number of ether oxygens (including phenoxy) is 3. The van der Waals surface area contributed by atoms with Gasteiger partial charge in [-0.1, -0.05) is 66.8 Å². The van der Waals surface area contributed by atoms with Gasteiger partial charge in [-0.15, -0.1) is 6.58 Å². The van der Waals surface area contributed by atoms with Gasteiger partial charge in [0.1, 0.15) is 18.3 Å². The summed E-state index contributed by atoms with van der Waals surface area (Å²) in [7, 11) is 0. The quantitative estimate of drug-likeness (QED) is 0.463. The van der Waals surface area contributed by atoms with Crippen molar-refractivity contribution in [2.75, 3.05) is 0 Å². The van der Waals surface area contributed by atoms with E-state index in [1.807, 2.05) is 0 Å². The molecule has 30 heavy (non-hydrogen) atoms. The van der Waals surface area contributed by atoms with Crippen LogP contribution in [0, 0.1) is 5.92 Å². The highest BCUT2D eigenvalue weighted by molar-refractivity contribution is 5.60. The van der Waals surface area contributed by atoms with Crippen molar-refractivity contribution in [3.8, 4) is 0 Å². The molecule has 3 aliphatic carbocycles. The molecule has 0 spiro atoms.